The molecule has 0 saturated heterocycles. The van der Waals surface area contributed by atoms with Gasteiger partial charge in [-0.25, -0.2) is 9.78 Å². The summed E-state index contributed by atoms with van der Waals surface area (Å²) in [6.07, 6.45) is 2.79. The van der Waals surface area contributed by atoms with Gasteiger partial charge in [-0.3, -0.25) is 5.32 Å². The van der Waals surface area contributed by atoms with Crippen LogP contribution in [-0.2, 0) is 4.74 Å². The first-order valence-electron chi connectivity index (χ1n) is 7.43. The van der Waals surface area contributed by atoms with Crippen molar-refractivity contribution in [2.24, 2.45) is 0 Å². The highest BCUT2D eigenvalue weighted by molar-refractivity contribution is 7.98. The minimum Gasteiger partial charge on any atom is -0.444 e. The van der Waals surface area contributed by atoms with Crippen LogP contribution in [0.15, 0.2) is 35.6 Å². The quantitative estimate of drug-likeness (QED) is 0.641. The van der Waals surface area contributed by atoms with Gasteiger partial charge in [0.05, 0.1) is 6.20 Å². The van der Waals surface area contributed by atoms with Crippen LogP contribution in [0.1, 0.15) is 26.3 Å². The summed E-state index contributed by atoms with van der Waals surface area (Å²) < 4.78 is 11.1. The fourth-order valence-electron chi connectivity index (χ4n) is 1.80. The van der Waals surface area contributed by atoms with Crippen molar-refractivity contribution in [2.75, 3.05) is 11.6 Å². The zero-order valence-electron chi connectivity index (χ0n) is 14.4. The predicted molar refractivity (Wildman–Crippen MR) is 94.9 cm³/mol. The first kappa shape index (κ1) is 18.1. The van der Waals surface area contributed by atoms with Gasteiger partial charge in [0.2, 0.25) is 5.88 Å². The molecule has 0 fully saturated rings. The fraction of sp³-hybridized carbons (Fsp3) is 0.353. The van der Waals surface area contributed by atoms with E-state index in [1.807, 2.05) is 37.4 Å². The van der Waals surface area contributed by atoms with Gasteiger partial charge in [-0.2, -0.15) is 4.98 Å². The van der Waals surface area contributed by atoms with E-state index in [-0.39, 0.29) is 5.88 Å². The normalized spacial score (nSPS) is 11.0. The Morgan fingerprint density at radius 1 is 1.25 bits per heavy atom. The SMILES string of the molecule is CSc1ncc(NC(=O)OC(C)(C)C)c(Oc2ccccc2C)n1. The van der Waals surface area contributed by atoms with Gasteiger partial charge in [0.1, 0.15) is 17.0 Å². The number of para-hydroxylation sites is 1. The molecule has 7 heteroatoms. The average Bonchev–Trinajstić information content (AvgIpc) is 2.49. The highest BCUT2D eigenvalue weighted by Crippen LogP contribution is 2.30. The lowest BCUT2D eigenvalue weighted by Crippen LogP contribution is -2.27. The summed E-state index contributed by atoms with van der Waals surface area (Å²) in [5.41, 5.74) is 0.719. The second-order valence-electron chi connectivity index (χ2n) is 6.07. The zero-order chi connectivity index (χ0) is 17.7. The number of aromatic nitrogens is 2. The summed E-state index contributed by atoms with van der Waals surface area (Å²) in [6, 6.07) is 7.58. The monoisotopic (exact) mass is 347 g/mol. The molecule has 0 aliphatic heterocycles. The number of nitrogens with one attached hydrogen (secondary N) is 1. The number of amides is 1. The zero-order valence-corrected chi connectivity index (χ0v) is 15.2. The van der Waals surface area contributed by atoms with Crippen LogP contribution < -0.4 is 10.1 Å². The third-order valence-electron chi connectivity index (χ3n) is 2.85. The van der Waals surface area contributed by atoms with Crippen molar-refractivity contribution in [3.8, 4) is 11.6 Å². The summed E-state index contributed by atoms with van der Waals surface area (Å²) in [5.74, 6) is 0.935. The Kier molecular flexibility index (Phi) is 5.66. The number of hydrogen-bond donors (Lipinski definition) is 1. The summed E-state index contributed by atoms with van der Waals surface area (Å²) in [6.45, 7) is 7.33. The maximum Gasteiger partial charge on any atom is 0.412 e. The second kappa shape index (κ2) is 7.53. The summed E-state index contributed by atoms with van der Waals surface area (Å²) >= 11 is 1.39. The van der Waals surface area contributed by atoms with Crippen molar-refractivity contribution in [3.63, 3.8) is 0 Å². The van der Waals surface area contributed by atoms with Gasteiger partial charge < -0.3 is 9.47 Å². The molecule has 0 aliphatic rings. The number of carbonyl (C=O) groups is 1. The van der Waals surface area contributed by atoms with E-state index in [0.29, 0.717) is 16.6 Å². The average molecular weight is 347 g/mol. The molecule has 1 aromatic carbocycles. The molecular formula is C17H21N3O3S. The van der Waals surface area contributed by atoms with Gasteiger partial charge in [0, 0.05) is 0 Å². The molecule has 1 amide bonds. The van der Waals surface area contributed by atoms with Crippen LogP contribution >= 0.6 is 11.8 Å². The van der Waals surface area contributed by atoms with Gasteiger partial charge >= 0.3 is 6.09 Å². The molecule has 1 N–H and O–H groups in total. The first-order chi connectivity index (χ1) is 11.3. The Morgan fingerprint density at radius 2 is 1.96 bits per heavy atom. The largest absolute Gasteiger partial charge is 0.444 e. The van der Waals surface area contributed by atoms with Crippen LogP contribution in [0.2, 0.25) is 0 Å². The highest BCUT2D eigenvalue weighted by atomic mass is 32.2. The molecule has 0 spiro atoms. The van der Waals surface area contributed by atoms with E-state index >= 15 is 0 Å². The third-order valence-corrected chi connectivity index (χ3v) is 3.41. The summed E-state index contributed by atoms with van der Waals surface area (Å²) in [4.78, 5) is 20.5. The second-order valence-corrected chi connectivity index (χ2v) is 6.84. The number of anilines is 1. The third kappa shape index (κ3) is 5.13. The number of ether oxygens (including phenoxy) is 2. The molecule has 1 heterocycles. The lowest BCUT2D eigenvalue weighted by Gasteiger charge is -2.20. The number of benzene rings is 1. The van der Waals surface area contributed by atoms with E-state index in [4.69, 9.17) is 9.47 Å². The van der Waals surface area contributed by atoms with E-state index in [2.05, 4.69) is 15.3 Å². The van der Waals surface area contributed by atoms with E-state index < -0.39 is 11.7 Å². The van der Waals surface area contributed by atoms with E-state index in [1.54, 1.807) is 20.8 Å². The molecule has 1 aromatic heterocycles. The molecule has 2 rings (SSSR count). The van der Waals surface area contributed by atoms with E-state index in [1.165, 1.54) is 18.0 Å². The minimum atomic E-state index is -0.596. The predicted octanol–water partition coefficient (Wildman–Crippen LogP) is 4.65. The molecule has 0 saturated carbocycles. The Labute approximate surface area is 146 Å². The van der Waals surface area contributed by atoms with Crippen molar-refractivity contribution >= 4 is 23.5 Å². The minimum absolute atomic E-state index is 0.273. The van der Waals surface area contributed by atoms with Crippen LogP contribution in [0.25, 0.3) is 0 Å². The van der Waals surface area contributed by atoms with Crippen molar-refractivity contribution in [1.82, 2.24) is 9.97 Å². The van der Waals surface area contributed by atoms with Crippen molar-refractivity contribution in [3.05, 3.63) is 36.0 Å². The van der Waals surface area contributed by atoms with Crippen LogP contribution in [-0.4, -0.2) is 27.9 Å². The Hall–Kier alpha value is -2.28. The number of carbonyl (C=O) groups excluding carboxylic acids is 1. The standard InChI is InChI=1S/C17H21N3O3S/c1-11-8-6-7-9-13(11)22-14-12(10-18-15(20-14)24-5)19-16(21)23-17(2,3)4/h6-10H,1-5H3,(H,19,21). The van der Waals surface area contributed by atoms with Crippen molar-refractivity contribution in [1.29, 1.82) is 0 Å². The summed E-state index contributed by atoms with van der Waals surface area (Å²) in [5, 5.41) is 3.19. The van der Waals surface area contributed by atoms with Crippen LogP contribution in [0.4, 0.5) is 10.5 Å². The Bertz CT molecular complexity index is 729. The van der Waals surface area contributed by atoms with Gasteiger partial charge in [-0.05, 0) is 45.6 Å². The molecule has 6 nitrogen and oxygen atoms in total. The molecule has 0 bridgehead atoms. The topological polar surface area (TPSA) is 73.3 Å². The molecule has 0 unspecified atom stereocenters. The molecule has 0 aliphatic carbocycles. The van der Waals surface area contributed by atoms with Gasteiger partial charge in [-0.15, -0.1) is 0 Å². The lowest BCUT2D eigenvalue weighted by atomic mass is 10.2. The molecule has 0 atom stereocenters. The van der Waals surface area contributed by atoms with E-state index in [9.17, 15) is 4.79 Å². The fourth-order valence-corrected chi connectivity index (χ4v) is 2.13. The first-order valence-corrected chi connectivity index (χ1v) is 8.65. The Balaban J connectivity index is 2.28. The van der Waals surface area contributed by atoms with Gasteiger partial charge in [0.25, 0.3) is 0 Å². The van der Waals surface area contributed by atoms with Crippen molar-refractivity contribution in [2.45, 2.75) is 38.5 Å². The lowest BCUT2D eigenvalue weighted by molar-refractivity contribution is 0.0635. The van der Waals surface area contributed by atoms with Crippen LogP contribution in [0.5, 0.6) is 11.6 Å². The molecular weight excluding hydrogens is 326 g/mol. The van der Waals surface area contributed by atoms with Crippen LogP contribution in [0.3, 0.4) is 0 Å². The van der Waals surface area contributed by atoms with Crippen LogP contribution in [0, 0.1) is 6.92 Å². The smallest absolute Gasteiger partial charge is 0.412 e. The summed E-state index contributed by atoms with van der Waals surface area (Å²) in [7, 11) is 0. The Morgan fingerprint density at radius 3 is 2.58 bits per heavy atom. The van der Waals surface area contributed by atoms with Crippen molar-refractivity contribution < 1.29 is 14.3 Å². The van der Waals surface area contributed by atoms with Gasteiger partial charge in [-0.1, -0.05) is 30.0 Å². The molecule has 128 valence electrons. The maximum absolute atomic E-state index is 12.0. The number of thioether (sulfide) groups is 1. The number of nitrogens with zero attached hydrogens (tertiary/aromatic N) is 2. The van der Waals surface area contributed by atoms with Gasteiger partial charge in [0.15, 0.2) is 5.16 Å². The maximum atomic E-state index is 12.0. The molecule has 2 aromatic rings. The number of hydrogen-bond acceptors (Lipinski definition) is 6. The number of aryl methyl sites for hydroxylation is 1. The molecule has 24 heavy (non-hydrogen) atoms. The highest BCUT2D eigenvalue weighted by Gasteiger charge is 2.19. The van der Waals surface area contributed by atoms with E-state index in [0.717, 1.165) is 5.56 Å². The molecule has 0 radical (unpaired) electrons. The number of rotatable bonds is 4.